The molecule has 158 valence electrons. The molecule has 0 saturated heterocycles. The Morgan fingerprint density at radius 3 is 2.77 bits per heavy atom. The van der Waals surface area contributed by atoms with E-state index in [0.717, 1.165) is 12.1 Å². The van der Waals surface area contributed by atoms with Crippen LogP contribution in [0.1, 0.15) is 30.9 Å². The number of hydrogen-bond donors (Lipinski definition) is 1. The van der Waals surface area contributed by atoms with Gasteiger partial charge in [0.05, 0.1) is 42.6 Å². The van der Waals surface area contributed by atoms with Gasteiger partial charge in [0, 0.05) is 17.8 Å². The second kappa shape index (κ2) is 9.23. The van der Waals surface area contributed by atoms with Crippen LogP contribution in [0.25, 0.3) is 0 Å². The number of aliphatic imine (C=N–C) groups is 1. The molecule has 1 fully saturated rings. The number of fused-ring (bicyclic) bond motifs is 1. The van der Waals surface area contributed by atoms with Gasteiger partial charge in [-0.25, -0.2) is 4.99 Å². The van der Waals surface area contributed by atoms with Crippen molar-refractivity contribution in [1.82, 2.24) is 0 Å². The predicted molar refractivity (Wildman–Crippen MR) is 118 cm³/mol. The van der Waals surface area contributed by atoms with Crippen LogP contribution >= 0.6 is 11.8 Å². The highest BCUT2D eigenvalue weighted by molar-refractivity contribution is 8.03. The van der Waals surface area contributed by atoms with E-state index in [4.69, 9.17) is 9.15 Å². The normalized spacial score (nSPS) is 20.5. The topological polar surface area (TPSA) is 105 Å². The van der Waals surface area contributed by atoms with E-state index in [1.165, 1.54) is 18.0 Å². The number of ketones is 1. The number of nitrogens with one attached hydrogen (secondary N) is 1. The molecule has 2 atom stereocenters. The monoisotopic (exact) mass is 435 g/mol. The lowest BCUT2D eigenvalue weighted by atomic mass is 9.72. The third kappa shape index (κ3) is 4.42. The molecule has 0 spiro atoms. The summed E-state index contributed by atoms with van der Waals surface area (Å²) < 4.78 is 10.7. The SMILES string of the molecule is COc1ccc(NC(=O)CSC2=C(C#N)[C@@H](c3ccco3)[C@H]3C(=O)CCCC3=N2)cc1. The fourth-order valence-electron chi connectivity index (χ4n) is 3.94. The summed E-state index contributed by atoms with van der Waals surface area (Å²) in [4.78, 5) is 29.8. The van der Waals surface area contributed by atoms with E-state index in [2.05, 4.69) is 16.4 Å². The molecule has 1 aromatic carbocycles. The predicted octanol–water partition coefficient (Wildman–Crippen LogP) is 4.30. The number of rotatable bonds is 6. The van der Waals surface area contributed by atoms with Crippen molar-refractivity contribution in [2.75, 3.05) is 18.2 Å². The Morgan fingerprint density at radius 1 is 1.29 bits per heavy atom. The minimum absolute atomic E-state index is 0.0837. The van der Waals surface area contributed by atoms with Crippen LogP contribution in [0.3, 0.4) is 0 Å². The number of methoxy groups -OCH3 is 1. The average molecular weight is 436 g/mol. The number of carbonyl (C=O) groups is 2. The van der Waals surface area contributed by atoms with Crippen LogP contribution in [0.5, 0.6) is 5.75 Å². The smallest absolute Gasteiger partial charge is 0.234 e. The number of Topliss-reactive ketones (excluding diaryl/α,β-unsaturated/α-hetero) is 1. The minimum Gasteiger partial charge on any atom is -0.497 e. The average Bonchev–Trinajstić information content (AvgIpc) is 3.32. The van der Waals surface area contributed by atoms with Crippen LogP contribution in [-0.4, -0.2) is 30.3 Å². The maximum atomic E-state index is 12.7. The molecule has 2 aliphatic rings. The number of ether oxygens (including phenoxy) is 1. The van der Waals surface area contributed by atoms with Crippen LogP contribution in [0.15, 0.2) is 62.7 Å². The fraction of sp³-hybridized carbons (Fsp3) is 0.304. The Hall–Kier alpha value is -3.31. The summed E-state index contributed by atoms with van der Waals surface area (Å²) in [5.41, 5.74) is 1.80. The van der Waals surface area contributed by atoms with E-state index < -0.39 is 11.8 Å². The summed E-state index contributed by atoms with van der Waals surface area (Å²) in [5, 5.41) is 13.2. The standard InChI is InChI=1S/C23H21N3O4S/c1-29-15-9-7-14(8-10-15)25-20(28)13-31-23-16(12-24)21(19-6-3-11-30-19)22-17(26-23)4-2-5-18(22)27/h3,6-11,21-22H,2,4-5,13H2,1H3,(H,25,28)/t21-,22+/m0/s1. The number of nitrogens with zero attached hydrogens (tertiary/aromatic N) is 2. The van der Waals surface area contributed by atoms with Gasteiger partial charge in [0.1, 0.15) is 22.3 Å². The molecule has 1 aromatic heterocycles. The van der Waals surface area contributed by atoms with Crippen LogP contribution in [-0.2, 0) is 9.59 Å². The molecule has 1 aliphatic carbocycles. The van der Waals surface area contributed by atoms with E-state index in [0.29, 0.717) is 40.6 Å². The van der Waals surface area contributed by atoms with Gasteiger partial charge in [-0.2, -0.15) is 5.26 Å². The number of furan rings is 1. The van der Waals surface area contributed by atoms with Gasteiger partial charge >= 0.3 is 0 Å². The molecule has 7 nitrogen and oxygen atoms in total. The zero-order valence-corrected chi connectivity index (χ0v) is 17.8. The first-order chi connectivity index (χ1) is 15.1. The number of amides is 1. The first-order valence-corrected chi connectivity index (χ1v) is 10.9. The number of nitriles is 1. The second-order valence-corrected chi connectivity index (χ2v) is 8.25. The molecule has 0 bridgehead atoms. The largest absolute Gasteiger partial charge is 0.497 e. The van der Waals surface area contributed by atoms with Gasteiger partial charge in [0.25, 0.3) is 0 Å². The molecule has 31 heavy (non-hydrogen) atoms. The van der Waals surface area contributed by atoms with Crippen molar-refractivity contribution in [3.05, 3.63) is 59.0 Å². The van der Waals surface area contributed by atoms with Crippen molar-refractivity contribution in [3.63, 3.8) is 0 Å². The molecule has 1 N–H and O–H groups in total. The van der Waals surface area contributed by atoms with Crippen LogP contribution in [0.2, 0.25) is 0 Å². The van der Waals surface area contributed by atoms with Crippen molar-refractivity contribution >= 4 is 34.9 Å². The van der Waals surface area contributed by atoms with Crippen LogP contribution in [0.4, 0.5) is 5.69 Å². The molecule has 4 rings (SSSR count). The van der Waals surface area contributed by atoms with E-state index in [-0.39, 0.29) is 17.4 Å². The van der Waals surface area contributed by atoms with Gasteiger partial charge in [-0.3, -0.25) is 9.59 Å². The molecule has 1 aliphatic heterocycles. The third-order valence-corrected chi connectivity index (χ3v) is 6.36. The molecule has 0 unspecified atom stereocenters. The molecule has 1 amide bonds. The van der Waals surface area contributed by atoms with E-state index in [9.17, 15) is 14.9 Å². The Bertz CT molecular complexity index is 1080. The Balaban J connectivity index is 1.54. The summed E-state index contributed by atoms with van der Waals surface area (Å²) in [7, 11) is 1.58. The number of allylic oxidation sites excluding steroid dienone is 1. The van der Waals surface area contributed by atoms with Crippen molar-refractivity contribution in [3.8, 4) is 11.8 Å². The maximum absolute atomic E-state index is 12.7. The van der Waals surface area contributed by atoms with Gasteiger partial charge in [0.15, 0.2) is 0 Å². The molecule has 0 radical (unpaired) electrons. The van der Waals surface area contributed by atoms with Crippen LogP contribution < -0.4 is 10.1 Å². The fourth-order valence-corrected chi connectivity index (χ4v) is 4.79. The molecule has 8 heteroatoms. The number of anilines is 1. The maximum Gasteiger partial charge on any atom is 0.234 e. The second-order valence-electron chi connectivity index (χ2n) is 7.29. The summed E-state index contributed by atoms with van der Waals surface area (Å²) in [6.07, 6.45) is 3.47. The van der Waals surface area contributed by atoms with Crippen molar-refractivity contribution in [2.24, 2.45) is 10.9 Å². The van der Waals surface area contributed by atoms with Gasteiger partial charge in [0.2, 0.25) is 5.91 Å². The van der Waals surface area contributed by atoms with Crippen molar-refractivity contribution in [2.45, 2.75) is 25.2 Å². The summed E-state index contributed by atoms with van der Waals surface area (Å²) in [6, 6.07) is 12.8. The van der Waals surface area contributed by atoms with Gasteiger partial charge in [-0.15, -0.1) is 0 Å². The first-order valence-electron chi connectivity index (χ1n) is 9.95. The van der Waals surface area contributed by atoms with Gasteiger partial charge < -0.3 is 14.5 Å². The number of thioether (sulfide) groups is 1. The highest BCUT2D eigenvalue weighted by Gasteiger charge is 2.43. The summed E-state index contributed by atoms with van der Waals surface area (Å²) >= 11 is 1.20. The third-order valence-electron chi connectivity index (χ3n) is 5.37. The Labute approximate surface area is 184 Å². The zero-order valence-electron chi connectivity index (χ0n) is 17.0. The molecular formula is C23H21N3O4S. The van der Waals surface area contributed by atoms with Crippen molar-refractivity contribution in [1.29, 1.82) is 5.26 Å². The molecular weight excluding hydrogens is 414 g/mol. The lowest BCUT2D eigenvalue weighted by Gasteiger charge is -2.33. The van der Waals surface area contributed by atoms with E-state index >= 15 is 0 Å². The lowest BCUT2D eigenvalue weighted by Crippen LogP contribution is -2.37. The van der Waals surface area contributed by atoms with E-state index in [1.807, 2.05) is 0 Å². The minimum atomic E-state index is -0.493. The molecule has 2 heterocycles. The summed E-state index contributed by atoms with van der Waals surface area (Å²) in [6.45, 7) is 0. The number of carbonyl (C=O) groups excluding carboxylic acids is 2. The summed E-state index contributed by atoms with van der Waals surface area (Å²) in [5.74, 6) is 0.281. The highest BCUT2D eigenvalue weighted by Crippen LogP contribution is 2.45. The quantitative estimate of drug-likeness (QED) is 0.725. The zero-order chi connectivity index (χ0) is 21.8. The number of hydrogen-bond acceptors (Lipinski definition) is 7. The number of benzene rings is 1. The lowest BCUT2D eigenvalue weighted by molar-refractivity contribution is -0.122. The molecule has 2 aromatic rings. The van der Waals surface area contributed by atoms with Gasteiger partial charge in [-0.05, 0) is 49.2 Å². The van der Waals surface area contributed by atoms with Crippen molar-refractivity contribution < 1.29 is 18.7 Å². The Morgan fingerprint density at radius 2 is 2.10 bits per heavy atom. The Kier molecular flexibility index (Phi) is 6.23. The highest BCUT2D eigenvalue weighted by atomic mass is 32.2. The molecule has 1 saturated carbocycles. The van der Waals surface area contributed by atoms with Gasteiger partial charge in [-0.1, -0.05) is 11.8 Å². The van der Waals surface area contributed by atoms with Crippen LogP contribution in [0, 0.1) is 17.2 Å². The first kappa shape index (κ1) is 20.9. The van der Waals surface area contributed by atoms with E-state index in [1.54, 1.807) is 43.5 Å².